The molecule has 3 rings (SSSR count). The van der Waals surface area contributed by atoms with Crippen LogP contribution in [0.25, 0.3) is 0 Å². The number of carbonyl (C=O) groups is 1. The smallest absolute Gasteiger partial charge is 0.335 e. The molecule has 0 radical (unpaired) electrons. The maximum Gasteiger partial charge on any atom is 0.335 e. The van der Waals surface area contributed by atoms with Gasteiger partial charge >= 0.3 is 5.97 Å². The van der Waals surface area contributed by atoms with Gasteiger partial charge in [0.25, 0.3) is 0 Å². The molecule has 0 aliphatic heterocycles. The second kappa shape index (κ2) is 9.47. The van der Waals surface area contributed by atoms with Crippen molar-refractivity contribution in [3.8, 4) is 11.5 Å². The van der Waals surface area contributed by atoms with E-state index in [4.69, 9.17) is 14.6 Å². The van der Waals surface area contributed by atoms with Crippen LogP contribution in [0.15, 0.2) is 65.1 Å². The molecule has 0 atom stereocenters. The molecule has 150 valence electrons. The number of hydrogen-bond acceptors (Lipinski definition) is 4. The Kier molecular flexibility index (Phi) is 6.77. The Morgan fingerprint density at radius 3 is 2.48 bits per heavy atom. The summed E-state index contributed by atoms with van der Waals surface area (Å²) in [5.41, 5.74) is 4.38. The molecule has 0 amide bonds. The highest BCUT2D eigenvalue weighted by Gasteiger charge is 2.12. The third-order valence-corrected chi connectivity index (χ3v) is 4.97. The van der Waals surface area contributed by atoms with Gasteiger partial charge in [-0.2, -0.15) is 0 Å². The maximum atomic E-state index is 10.9. The molecule has 0 heterocycles. The number of ether oxygens (including phenoxy) is 2. The van der Waals surface area contributed by atoms with Crippen molar-refractivity contribution in [2.45, 2.75) is 20.1 Å². The zero-order chi connectivity index (χ0) is 20.8. The first kappa shape index (κ1) is 20.7. The number of hydrogen-bond donors (Lipinski definition) is 2. The van der Waals surface area contributed by atoms with Crippen LogP contribution >= 0.6 is 15.9 Å². The molecule has 0 unspecified atom stereocenters. The van der Waals surface area contributed by atoms with Gasteiger partial charge in [-0.15, -0.1) is 0 Å². The number of halogens is 1. The fourth-order valence-electron chi connectivity index (χ4n) is 2.91. The Labute approximate surface area is 178 Å². The molecule has 3 aromatic carbocycles. The van der Waals surface area contributed by atoms with E-state index in [-0.39, 0.29) is 5.56 Å². The van der Waals surface area contributed by atoms with E-state index in [0.717, 1.165) is 21.3 Å². The molecular weight excluding hydrogens is 434 g/mol. The van der Waals surface area contributed by atoms with Crippen molar-refractivity contribution < 1.29 is 19.4 Å². The van der Waals surface area contributed by atoms with Gasteiger partial charge in [-0.1, -0.05) is 29.8 Å². The Balaban J connectivity index is 1.69. The Bertz CT molecular complexity index is 1000. The zero-order valence-electron chi connectivity index (χ0n) is 16.2. The summed E-state index contributed by atoms with van der Waals surface area (Å²) < 4.78 is 12.3. The number of anilines is 1. The van der Waals surface area contributed by atoms with E-state index in [0.29, 0.717) is 24.7 Å². The highest BCUT2D eigenvalue weighted by atomic mass is 79.9. The van der Waals surface area contributed by atoms with Gasteiger partial charge in [0.05, 0.1) is 17.1 Å². The monoisotopic (exact) mass is 455 g/mol. The first-order chi connectivity index (χ1) is 14.0. The van der Waals surface area contributed by atoms with E-state index < -0.39 is 5.97 Å². The van der Waals surface area contributed by atoms with E-state index in [2.05, 4.69) is 40.3 Å². The van der Waals surface area contributed by atoms with Gasteiger partial charge in [0.2, 0.25) is 0 Å². The minimum Gasteiger partial charge on any atom is -0.493 e. The lowest BCUT2D eigenvalue weighted by molar-refractivity contribution is 0.0697. The molecule has 6 heteroatoms. The molecule has 2 N–H and O–H groups in total. The molecule has 0 aliphatic carbocycles. The number of nitrogens with one attached hydrogen (secondary N) is 1. The number of aromatic carboxylic acids is 1. The second-order valence-electron chi connectivity index (χ2n) is 6.62. The number of benzene rings is 3. The Morgan fingerprint density at radius 2 is 1.83 bits per heavy atom. The van der Waals surface area contributed by atoms with Crippen LogP contribution in [-0.2, 0) is 13.2 Å². The van der Waals surface area contributed by atoms with Crippen LogP contribution in [0.1, 0.15) is 27.0 Å². The third-order valence-electron chi connectivity index (χ3n) is 4.38. The number of carboxylic acid groups (broad SMARTS) is 1. The van der Waals surface area contributed by atoms with E-state index in [1.54, 1.807) is 31.4 Å². The summed E-state index contributed by atoms with van der Waals surface area (Å²) in [5.74, 6) is 0.361. The van der Waals surface area contributed by atoms with Gasteiger partial charge < -0.3 is 19.9 Å². The SMILES string of the molecule is COc1cc(CNc2ccc(C(=O)O)cc2)cc(Br)c1OCc1cccc(C)c1. The van der Waals surface area contributed by atoms with Crippen LogP contribution in [-0.4, -0.2) is 18.2 Å². The van der Waals surface area contributed by atoms with Crippen LogP contribution in [0.2, 0.25) is 0 Å². The van der Waals surface area contributed by atoms with Crippen molar-refractivity contribution in [2.24, 2.45) is 0 Å². The van der Waals surface area contributed by atoms with Gasteiger partial charge in [0.15, 0.2) is 11.5 Å². The third kappa shape index (κ3) is 5.51. The summed E-state index contributed by atoms with van der Waals surface area (Å²) in [7, 11) is 1.61. The molecule has 0 aliphatic rings. The predicted molar refractivity (Wildman–Crippen MR) is 117 cm³/mol. The van der Waals surface area contributed by atoms with Gasteiger partial charge in [-0.3, -0.25) is 0 Å². The first-order valence-corrected chi connectivity index (χ1v) is 9.87. The van der Waals surface area contributed by atoms with E-state index in [1.165, 1.54) is 5.56 Å². The maximum absolute atomic E-state index is 10.9. The average molecular weight is 456 g/mol. The molecule has 0 aromatic heterocycles. The lowest BCUT2D eigenvalue weighted by Crippen LogP contribution is -2.03. The van der Waals surface area contributed by atoms with Crippen molar-refractivity contribution >= 4 is 27.6 Å². The van der Waals surface area contributed by atoms with E-state index in [9.17, 15) is 4.79 Å². The summed E-state index contributed by atoms with van der Waals surface area (Å²) in [6.07, 6.45) is 0. The first-order valence-electron chi connectivity index (χ1n) is 9.08. The van der Waals surface area contributed by atoms with Crippen LogP contribution < -0.4 is 14.8 Å². The molecule has 29 heavy (non-hydrogen) atoms. The van der Waals surface area contributed by atoms with Gasteiger partial charge in [-0.05, 0) is 70.4 Å². The number of rotatable bonds is 8. The fraction of sp³-hybridized carbons (Fsp3) is 0.174. The summed E-state index contributed by atoms with van der Waals surface area (Å²) in [5, 5.41) is 12.3. The Morgan fingerprint density at radius 1 is 1.07 bits per heavy atom. The van der Waals surface area contributed by atoms with Crippen molar-refractivity contribution in [1.82, 2.24) is 0 Å². The van der Waals surface area contributed by atoms with E-state index >= 15 is 0 Å². The fourth-order valence-corrected chi connectivity index (χ4v) is 3.51. The molecule has 3 aromatic rings. The number of aryl methyl sites for hydroxylation is 1. The average Bonchev–Trinajstić information content (AvgIpc) is 2.71. The minimum atomic E-state index is -0.938. The molecule has 5 nitrogen and oxygen atoms in total. The minimum absolute atomic E-state index is 0.259. The number of methoxy groups -OCH3 is 1. The van der Waals surface area contributed by atoms with Gasteiger partial charge in [0.1, 0.15) is 6.61 Å². The van der Waals surface area contributed by atoms with E-state index in [1.807, 2.05) is 24.3 Å². The molecular formula is C23H22BrNO4. The predicted octanol–water partition coefficient (Wildman–Crippen LogP) is 5.66. The highest BCUT2D eigenvalue weighted by molar-refractivity contribution is 9.10. The van der Waals surface area contributed by atoms with Crippen LogP contribution in [0.4, 0.5) is 5.69 Å². The van der Waals surface area contributed by atoms with Crippen molar-refractivity contribution in [3.05, 3.63) is 87.4 Å². The van der Waals surface area contributed by atoms with Crippen LogP contribution in [0.3, 0.4) is 0 Å². The van der Waals surface area contributed by atoms with Crippen molar-refractivity contribution in [1.29, 1.82) is 0 Å². The molecule has 0 spiro atoms. The molecule has 0 fully saturated rings. The van der Waals surface area contributed by atoms with Crippen LogP contribution in [0, 0.1) is 6.92 Å². The summed E-state index contributed by atoms with van der Waals surface area (Å²) >= 11 is 3.58. The standard InChI is InChI=1S/C23H22BrNO4/c1-15-4-3-5-16(10-15)14-29-22-20(24)11-17(12-21(22)28-2)13-25-19-8-6-18(7-9-19)23(26)27/h3-12,25H,13-14H2,1-2H3,(H,26,27). The van der Waals surface area contributed by atoms with Crippen molar-refractivity contribution in [3.63, 3.8) is 0 Å². The zero-order valence-corrected chi connectivity index (χ0v) is 17.8. The second-order valence-corrected chi connectivity index (χ2v) is 7.48. The molecule has 0 saturated carbocycles. The summed E-state index contributed by atoms with van der Waals surface area (Å²) in [6.45, 7) is 3.06. The van der Waals surface area contributed by atoms with Crippen LogP contribution in [0.5, 0.6) is 11.5 Å². The van der Waals surface area contributed by atoms with Gasteiger partial charge in [-0.25, -0.2) is 4.79 Å². The lowest BCUT2D eigenvalue weighted by Gasteiger charge is -2.15. The largest absolute Gasteiger partial charge is 0.493 e. The highest BCUT2D eigenvalue weighted by Crippen LogP contribution is 2.37. The van der Waals surface area contributed by atoms with Crippen molar-refractivity contribution in [2.75, 3.05) is 12.4 Å². The topological polar surface area (TPSA) is 67.8 Å². The van der Waals surface area contributed by atoms with Gasteiger partial charge in [0, 0.05) is 12.2 Å². The quantitative estimate of drug-likeness (QED) is 0.458. The lowest BCUT2D eigenvalue weighted by atomic mass is 10.1. The normalized spacial score (nSPS) is 10.4. The molecule has 0 saturated heterocycles. The summed E-state index contributed by atoms with van der Waals surface area (Å²) in [6, 6.07) is 18.7. The molecule has 0 bridgehead atoms. The Hall–Kier alpha value is -2.99. The summed E-state index contributed by atoms with van der Waals surface area (Å²) in [4.78, 5) is 10.9. The number of carboxylic acids is 1.